The first kappa shape index (κ1) is 23.8. The van der Waals surface area contributed by atoms with Gasteiger partial charge in [0, 0.05) is 51.4 Å². The van der Waals surface area contributed by atoms with Crippen molar-refractivity contribution in [3.63, 3.8) is 0 Å². The third kappa shape index (κ3) is 8.10. The number of hydrogen-bond acceptors (Lipinski definition) is 5. The van der Waals surface area contributed by atoms with Gasteiger partial charge in [-0.25, -0.2) is 0 Å². The number of aliphatic imine (C=N–C) groups is 1. The van der Waals surface area contributed by atoms with Gasteiger partial charge in [0.05, 0.1) is 14.2 Å². The Balaban J connectivity index is 0.00000364. The van der Waals surface area contributed by atoms with Crippen LogP contribution in [0.4, 0.5) is 0 Å². The predicted molar refractivity (Wildman–Crippen MR) is 122 cm³/mol. The minimum absolute atomic E-state index is 0. The molecular formula is C19H34IN5O2. The minimum atomic E-state index is 0. The van der Waals surface area contributed by atoms with Crippen LogP contribution in [0.3, 0.4) is 0 Å². The standard InChI is InChI=1S/C19H33N5O2.HI/c1-20-19(21-8-11-24-10-5-9-23(2)12-13-24)22-15-16-6-7-17(25-3)14-18(16)26-4;/h6-7,14H,5,8-13,15H2,1-4H3,(H2,20,21,22);1H. The Labute approximate surface area is 180 Å². The largest absolute Gasteiger partial charge is 0.497 e. The molecule has 0 atom stereocenters. The summed E-state index contributed by atoms with van der Waals surface area (Å²) in [5, 5.41) is 6.74. The summed E-state index contributed by atoms with van der Waals surface area (Å²) >= 11 is 0. The van der Waals surface area contributed by atoms with Crippen molar-refractivity contribution < 1.29 is 9.47 Å². The molecule has 1 aliphatic rings. The van der Waals surface area contributed by atoms with Crippen LogP contribution in [0.5, 0.6) is 11.5 Å². The van der Waals surface area contributed by atoms with E-state index in [0.29, 0.717) is 6.54 Å². The van der Waals surface area contributed by atoms with Gasteiger partial charge >= 0.3 is 0 Å². The van der Waals surface area contributed by atoms with Gasteiger partial charge in [0.1, 0.15) is 11.5 Å². The lowest BCUT2D eigenvalue weighted by Crippen LogP contribution is -2.42. The first-order chi connectivity index (χ1) is 12.7. The Morgan fingerprint density at radius 1 is 1.11 bits per heavy atom. The quantitative estimate of drug-likeness (QED) is 0.344. The smallest absolute Gasteiger partial charge is 0.191 e. The van der Waals surface area contributed by atoms with Crippen molar-refractivity contribution in [2.45, 2.75) is 13.0 Å². The molecule has 1 fully saturated rings. The third-order valence-corrected chi connectivity index (χ3v) is 4.70. The molecule has 154 valence electrons. The fourth-order valence-electron chi connectivity index (χ4n) is 3.05. The second kappa shape index (κ2) is 13.0. The number of methoxy groups -OCH3 is 2. The number of nitrogens with one attached hydrogen (secondary N) is 2. The number of rotatable bonds is 7. The van der Waals surface area contributed by atoms with Crippen LogP contribution in [0, 0.1) is 0 Å². The van der Waals surface area contributed by atoms with Crippen LogP contribution in [0.15, 0.2) is 23.2 Å². The summed E-state index contributed by atoms with van der Waals surface area (Å²) in [6, 6.07) is 5.83. The molecule has 0 spiro atoms. The van der Waals surface area contributed by atoms with Crippen molar-refractivity contribution in [3.05, 3.63) is 23.8 Å². The van der Waals surface area contributed by atoms with Gasteiger partial charge in [-0.1, -0.05) is 0 Å². The van der Waals surface area contributed by atoms with E-state index in [0.717, 1.165) is 49.2 Å². The summed E-state index contributed by atoms with van der Waals surface area (Å²) in [5.41, 5.74) is 1.06. The minimum Gasteiger partial charge on any atom is -0.497 e. The van der Waals surface area contributed by atoms with E-state index >= 15 is 0 Å². The van der Waals surface area contributed by atoms with Crippen LogP contribution in [-0.2, 0) is 6.54 Å². The van der Waals surface area contributed by atoms with Gasteiger partial charge in [-0.3, -0.25) is 4.99 Å². The predicted octanol–water partition coefficient (Wildman–Crippen LogP) is 1.62. The van der Waals surface area contributed by atoms with Gasteiger partial charge in [-0.2, -0.15) is 0 Å². The van der Waals surface area contributed by atoms with Crippen molar-refractivity contribution >= 4 is 29.9 Å². The fraction of sp³-hybridized carbons (Fsp3) is 0.632. The number of nitrogens with zero attached hydrogens (tertiary/aromatic N) is 3. The molecule has 0 aromatic heterocycles. The molecule has 1 aliphatic heterocycles. The average Bonchev–Trinajstić information content (AvgIpc) is 2.88. The third-order valence-electron chi connectivity index (χ3n) is 4.70. The first-order valence-corrected chi connectivity index (χ1v) is 9.22. The Morgan fingerprint density at radius 3 is 2.63 bits per heavy atom. The van der Waals surface area contributed by atoms with Gasteiger partial charge < -0.3 is 29.9 Å². The number of benzene rings is 1. The van der Waals surface area contributed by atoms with Crippen LogP contribution in [0.1, 0.15) is 12.0 Å². The van der Waals surface area contributed by atoms with Gasteiger partial charge in [0.15, 0.2) is 5.96 Å². The SMILES string of the molecule is CN=C(NCCN1CCCN(C)CC1)NCc1ccc(OC)cc1OC.I. The zero-order chi connectivity index (χ0) is 18.8. The zero-order valence-corrected chi connectivity index (χ0v) is 19.3. The van der Waals surface area contributed by atoms with Crippen LogP contribution in [0.25, 0.3) is 0 Å². The Kier molecular flexibility index (Phi) is 11.5. The molecule has 1 aromatic carbocycles. The average molecular weight is 491 g/mol. The monoisotopic (exact) mass is 491 g/mol. The maximum Gasteiger partial charge on any atom is 0.191 e. The Morgan fingerprint density at radius 2 is 1.93 bits per heavy atom. The summed E-state index contributed by atoms with van der Waals surface area (Å²) in [5.74, 6) is 2.40. The number of likely N-dealkylation sites (N-methyl/N-ethyl adjacent to an activating group) is 1. The molecule has 2 rings (SSSR count). The molecule has 0 amide bonds. The van der Waals surface area contributed by atoms with Crippen LogP contribution in [-0.4, -0.2) is 83.3 Å². The van der Waals surface area contributed by atoms with Crippen LogP contribution < -0.4 is 20.1 Å². The number of hydrogen-bond donors (Lipinski definition) is 2. The molecule has 0 bridgehead atoms. The Hall–Kier alpha value is -1.26. The van der Waals surface area contributed by atoms with Crippen molar-refractivity contribution in [2.75, 3.05) is 67.6 Å². The van der Waals surface area contributed by atoms with E-state index in [2.05, 4.69) is 32.5 Å². The van der Waals surface area contributed by atoms with E-state index in [1.54, 1.807) is 21.3 Å². The summed E-state index contributed by atoms with van der Waals surface area (Å²) in [6.07, 6.45) is 1.24. The lowest BCUT2D eigenvalue weighted by molar-refractivity contribution is 0.280. The second-order valence-electron chi connectivity index (χ2n) is 6.53. The van der Waals surface area contributed by atoms with Gasteiger partial charge in [-0.05, 0) is 38.7 Å². The van der Waals surface area contributed by atoms with Crippen molar-refractivity contribution in [2.24, 2.45) is 4.99 Å². The fourth-order valence-corrected chi connectivity index (χ4v) is 3.05. The highest BCUT2D eigenvalue weighted by Gasteiger charge is 2.11. The second-order valence-corrected chi connectivity index (χ2v) is 6.53. The van der Waals surface area contributed by atoms with E-state index in [1.807, 2.05) is 18.2 Å². The molecular weight excluding hydrogens is 457 g/mol. The van der Waals surface area contributed by atoms with E-state index in [9.17, 15) is 0 Å². The number of ether oxygens (including phenoxy) is 2. The molecule has 27 heavy (non-hydrogen) atoms. The number of halogens is 1. The molecule has 7 nitrogen and oxygen atoms in total. The van der Waals surface area contributed by atoms with E-state index in [-0.39, 0.29) is 24.0 Å². The Bertz CT molecular complexity index is 585. The maximum absolute atomic E-state index is 5.44. The molecule has 1 aromatic rings. The van der Waals surface area contributed by atoms with Crippen LogP contribution in [0.2, 0.25) is 0 Å². The molecule has 0 radical (unpaired) electrons. The lowest BCUT2D eigenvalue weighted by Gasteiger charge is -2.21. The zero-order valence-electron chi connectivity index (χ0n) is 17.0. The van der Waals surface area contributed by atoms with E-state index < -0.39 is 0 Å². The molecule has 0 aliphatic carbocycles. The lowest BCUT2D eigenvalue weighted by atomic mass is 10.2. The molecule has 0 saturated carbocycles. The maximum atomic E-state index is 5.44. The molecule has 0 unspecified atom stereocenters. The highest BCUT2D eigenvalue weighted by atomic mass is 127. The molecule has 8 heteroatoms. The molecule has 1 heterocycles. The normalized spacial score (nSPS) is 16.2. The van der Waals surface area contributed by atoms with Crippen molar-refractivity contribution in [3.8, 4) is 11.5 Å². The first-order valence-electron chi connectivity index (χ1n) is 9.22. The number of guanidine groups is 1. The summed E-state index contributed by atoms with van der Waals surface area (Å²) in [4.78, 5) is 9.22. The van der Waals surface area contributed by atoms with Gasteiger partial charge in [0.25, 0.3) is 0 Å². The molecule has 2 N–H and O–H groups in total. The summed E-state index contributed by atoms with van der Waals surface area (Å²) in [7, 11) is 7.31. The van der Waals surface area contributed by atoms with Gasteiger partial charge in [-0.15, -0.1) is 24.0 Å². The van der Waals surface area contributed by atoms with Crippen molar-refractivity contribution in [1.82, 2.24) is 20.4 Å². The molecule has 1 saturated heterocycles. The van der Waals surface area contributed by atoms with E-state index in [1.165, 1.54) is 19.5 Å². The summed E-state index contributed by atoms with van der Waals surface area (Å²) < 4.78 is 10.7. The van der Waals surface area contributed by atoms with Crippen LogP contribution >= 0.6 is 24.0 Å². The van der Waals surface area contributed by atoms with Gasteiger partial charge in [0.2, 0.25) is 0 Å². The highest BCUT2D eigenvalue weighted by Crippen LogP contribution is 2.24. The van der Waals surface area contributed by atoms with Crippen molar-refractivity contribution in [1.29, 1.82) is 0 Å². The highest BCUT2D eigenvalue weighted by molar-refractivity contribution is 14.0. The van der Waals surface area contributed by atoms with E-state index in [4.69, 9.17) is 9.47 Å². The topological polar surface area (TPSA) is 61.4 Å². The summed E-state index contributed by atoms with van der Waals surface area (Å²) in [6.45, 7) is 7.18.